The van der Waals surface area contributed by atoms with Gasteiger partial charge in [-0.05, 0) is 229 Å². The molecule has 6 amide bonds. The topological polar surface area (TPSA) is 424 Å². The monoisotopic (exact) mass is 1350 g/mol. The van der Waals surface area contributed by atoms with Crippen LogP contribution in [0.25, 0.3) is 0 Å². The molecule has 94 heavy (non-hydrogen) atoms. The summed E-state index contributed by atoms with van der Waals surface area (Å²) in [5.41, 5.74) is 11.7. The average Bonchev–Trinajstić information content (AvgIpc) is 1.22. The van der Waals surface area contributed by atoms with Crippen LogP contribution < -0.4 is 49.1 Å². The fourth-order valence-corrected chi connectivity index (χ4v) is 8.53. The Balaban J connectivity index is 0. The highest BCUT2D eigenvalue weighted by Crippen LogP contribution is 2.34. The van der Waals surface area contributed by atoms with Crippen molar-refractivity contribution in [2.75, 3.05) is 22.1 Å². The maximum absolute atomic E-state index is 13.3. The second-order valence-corrected chi connectivity index (χ2v) is 25.6. The summed E-state index contributed by atoms with van der Waals surface area (Å²) in [6.45, 7) is 32.4. The van der Waals surface area contributed by atoms with Crippen molar-refractivity contribution in [2.45, 2.75) is 205 Å². The SMILES string of the molecule is CC(C)(N)C(=O)O.CCC(CC)(C(=O)Cl)C(=O)Cl.CCC(CC)(C(=O)NC(C)(C)C(=O)O)C(=O)NC(C)(C)C(=O)O.CCC1(CC)C(=O)NC(C)(C)C(=O)Nc2cc(C)c(C)cc2NC(=O)C(C)(C)NC1=O.Cc1cc(N)c(N)cc1C.c1ccncc1.c1ccncc1. The minimum atomic E-state index is -1.55. The molecule has 2 aromatic heterocycles. The van der Waals surface area contributed by atoms with Crippen LogP contribution >= 0.6 is 23.2 Å². The number of rotatable bonds is 15. The number of nitrogen functional groups attached to an aromatic ring is 2. The molecule has 0 saturated heterocycles. The number of pyridine rings is 2. The fourth-order valence-electron chi connectivity index (χ4n) is 7.77. The number of carboxylic acids is 3. The van der Waals surface area contributed by atoms with Crippen molar-refractivity contribution in [3.05, 3.63) is 108 Å². The smallest absolute Gasteiger partial charge is 0.328 e. The number of carbonyl (C=O) groups excluding carboxylic acids is 8. The van der Waals surface area contributed by atoms with Crippen LogP contribution in [-0.4, -0.2) is 117 Å². The Hall–Kier alpha value is -8.55. The fraction of sp³-hybridized carbons (Fsp3) is 0.507. The van der Waals surface area contributed by atoms with E-state index in [1.54, 1.807) is 106 Å². The van der Waals surface area contributed by atoms with Crippen LogP contribution in [0.1, 0.15) is 172 Å². The quantitative estimate of drug-likeness (QED) is 0.0299. The lowest BCUT2D eigenvalue weighted by Crippen LogP contribution is -2.62. The molecule has 1 aliphatic heterocycles. The van der Waals surface area contributed by atoms with E-state index >= 15 is 0 Å². The summed E-state index contributed by atoms with van der Waals surface area (Å²) in [4.78, 5) is 139. The number of fused-ring (bicyclic) bond motifs is 1. The van der Waals surface area contributed by atoms with E-state index in [1.807, 2.05) is 76.2 Å². The zero-order valence-electron chi connectivity index (χ0n) is 58.0. The van der Waals surface area contributed by atoms with E-state index in [9.17, 15) is 52.7 Å². The summed E-state index contributed by atoms with van der Waals surface area (Å²) in [7, 11) is 0. The third kappa shape index (κ3) is 26.1. The van der Waals surface area contributed by atoms with E-state index < -0.39 is 108 Å². The average molecular weight is 1360 g/mol. The molecular formula is C67H101Cl2N11O14. The van der Waals surface area contributed by atoms with Gasteiger partial charge in [-0.25, -0.2) is 9.59 Å². The number of aryl methyl sites for hydroxylation is 4. The van der Waals surface area contributed by atoms with Crippen molar-refractivity contribution in [3.63, 3.8) is 0 Å². The highest BCUT2D eigenvalue weighted by molar-refractivity contribution is 6.74. The Morgan fingerprint density at radius 2 is 0.745 bits per heavy atom. The molecule has 522 valence electrons. The zero-order valence-corrected chi connectivity index (χ0v) is 59.6. The minimum Gasteiger partial charge on any atom is -0.480 e. The van der Waals surface area contributed by atoms with Crippen LogP contribution in [0.15, 0.2) is 85.5 Å². The summed E-state index contributed by atoms with van der Waals surface area (Å²) >= 11 is 10.5. The number of hydrogen-bond acceptors (Lipinski definition) is 16. The molecule has 5 rings (SSSR count). The van der Waals surface area contributed by atoms with Gasteiger partial charge < -0.3 is 64.4 Å². The van der Waals surface area contributed by atoms with E-state index in [0.29, 0.717) is 35.6 Å². The summed E-state index contributed by atoms with van der Waals surface area (Å²) in [5, 5.41) is 40.8. The number of amides is 6. The van der Waals surface area contributed by atoms with Crippen molar-refractivity contribution in [1.29, 1.82) is 0 Å². The lowest BCUT2D eigenvalue weighted by atomic mass is 9.78. The van der Waals surface area contributed by atoms with Crippen molar-refractivity contribution >= 4 is 110 Å². The standard InChI is InChI=1S/C23H34N4O4.C15H26N2O6.C8H12N2.C7H10Cl2O2.2C5H5N.C4H9NO2/c1-9-23(10-2)19(30)26-21(5,6)17(28)24-15-11-13(3)14(4)12-16(15)25-18(29)22(7,8)27-20(23)31;1-7-15(8-2,9(18)16-13(3,4)11(20)21)10(19)17-14(5,6)12(22)23;1-5-3-7(9)8(10)4-6(5)2;1-3-7(4-2,5(8)10)6(9)11;2*1-2-4-6-5-3-1;1-4(2,5)3(6)7/h11-12H,9-10H2,1-8H3,(H,24,28)(H,25,29)(H,26,30)(H,27,31);7-8H2,1-6H3,(H,16,18)(H,17,19)(H,20,21)(H,22,23);3-4H,9-10H2,1-2H3;3-4H2,1-2H3;2*1-5H;5H2,1-2H3,(H,6,7). The molecule has 0 atom stereocenters. The number of halogens is 2. The third-order valence-electron chi connectivity index (χ3n) is 15.5. The molecule has 0 spiro atoms. The molecule has 15 N–H and O–H groups in total. The van der Waals surface area contributed by atoms with Gasteiger partial charge in [0.05, 0.1) is 22.7 Å². The molecule has 2 aromatic carbocycles. The Kier molecular flexibility index (Phi) is 35.4. The molecule has 27 heteroatoms. The number of anilines is 4. The van der Waals surface area contributed by atoms with Gasteiger partial charge in [-0.3, -0.25) is 53.1 Å². The zero-order chi connectivity index (χ0) is 73.8. The molecule has 0 fully saturated rings. The molecule has 1 aliphatic rings. The molecule has 0 bridgehead atoms. The molecule has 25 nitrogen and oxygen atoms in total. The largest absolute Gasteiger partial charge is 0.480 e. The van der Waals surface area contributed by atoms with Gasteiger partial charge in [-0.1, -0.05) is 53.7 Å². The van der Waals surface area contributed by atoms with Crippen molar-refractivity contribution < 1.29 is 68.1 Å². The van der Waals surface area contributed by atoms with E-state index in [4.69, 9.17) is 55.7 Å². The van der Waals surface area contributed by atoms with Crippen LogP contribution in [-0.2, 0) is 52.7 Å². The minimum absolute atomic E-state index is 0.104. The lowest BCUT2D eigenvalue weighted by molar-refractivity contribution is -0.154. The number of aromatic nitrogens is 2. The number of nitrogens with two attached hydrogens (primary N) is 3. The Morgan fingerprint density at radius 3 is 0.926 bits per heavy atom. The second kappa shape index (κ2) is 38.0. The molecule has 3 heterocycles. The van der Waals surface area contributed by atoms with E-state index in [0.717, 1.165) is 11.1 Å². The maximum Gasteiger partial charge on any atom is 0.328 e. The first-order valence-electron chi connectivity index (χ1n) is 30.3. The predicted octanol–water partition coefficient (Wildman–Crippen LogP) is 9.30. The number of carbonyl (C=O) groups is 11. The van der Waals surface area contributed by atoms with Gasteiger partial charge >= 0.3 is 17.9 Å². The molecule has 0 radical (unpaired) electrons. The van der Waals surface area contributed by atoms with E-state index in [-0.39, 0.29) is 25.7 Å². The highest BCUT2D eigenvalue weighted by Gasteiger charge is 2.50. The van der Waals surface area contributed by atoms with Crippen LogP contribution in [0.3, 0.4) is 0 Å². The normalized spacial score (nSPS) is 14.1. The summed E-state index contributed by atoms with van der Waals surface area (Å²) in [6, 6.07) is 18.8. The lowest BCUT2D eigenvalue weighted by Gasteiger charge is -2.35. The van der Waals surface area contributed by atoms with Gasteiger partial charge in [0, 0.05) is 24.8 Å². The van der Waals surface area contributed by atoms with Crippen LogP contribution in [0.4, 0.5) is 22.7 Å². The number of nitrogens with one attached hydrogen (secondary N) is 6. The first-order valence-corrected chi connectivity index (χ1v) is 31.0. The second-order valence-electron chi connectivity index (χ2n) is 24.9. The van der Waals surface area contributed by atoms with Gasteiger partial charge in [-0.15, -0.1) is 0 Å². The van der Waals surface area contributed by atoms with Crippen molar-refractivity contribution in [2.24, 2.45) is 22.0 Å². The number of aliphatic carboxylic acids is 3. The molecular weight excluding hydrogens is 1250 g/mol. The van der Waals surface area contributed by atoms with E-state index in [2.05, 4.69) is 41.9 Å². The van der Waals surface area contributed by atoms with Crippen LogP contribution in [0.5, 0.6) is 0 Å². The Morgan fingerprint density at radius 1 is 0.479 bits per heavy atom. The molecule has 0 saturated carbocycles. The first kappa shape index (κ1) is 87.5. The Bertz CT molecular complexity index is 2970. The first-order chi connectivity index (χ1) is 43.0. The van der Waals surface area contributed by atoms with Gasteiger partial charge in [-0.2, -0.15) is 0 Å². The predicted molar refractivity (Wildman–Crippen MR) is 367 cm³/mol. The number of hydrogen-bond donors (Lipinski definition) is 12. The van der Waals surface area contributed by atoms with Crippen molar-refractivity contribution in [3.8, 4) is 0 Å². The van der Waals surface area contributed by atoms with Gasteiger partial charge in [0.2, 0.25) is 45.9 Å². The highest BCUT2D eigenvalue weighted by atomic mass is 35.5. The number of nitrogens with zero attached hydrogens (tertiary/aromatic N) is 2. The van der Waals surface area contributed by atoms with Crippen LogP contribution in [0.2, 0.25) is 0 Å². The van der Waals surface area contributed by atoms with Gasteiger partial charge in [0.15, 0.2) is 0 Å². The van der Waals surface area contributed by atoms with Gasteiger partial charge in [0.1, 0.15) is 43.9 Å². The molecule has 0 unspecified atom stereocenters. The van der Waals surface area contributed by atoms with Gasteiger partial charge in [0.25, 0.3) is 0 Å². The summed E-state index contributed by atoms with van der Waals surface area (Å²) in [6.07, 6.45) is 8.35. The van der Waals surface area contributed by atoms with E-state index in [1.165, 1.54) is 52.7 Å². The number of benzene rings is 2. The molecule has 4 aromatic rings. The van der Waals surface area contributed by atoms with Crippen molar-refractivity contribution in [1.82, 2.24) is 31.2 Å². The van der Waals surface area contributed by atoms with Crippen LogP contribution in [0, 0.1) is 43.9 Å². The summed E-state index contributed by atoms with van der Waals surface area (Å²) in [5.74, 6) is -6.96. The maximum atomic E-state index is 13.3. The molecule has 0 aliphatic carbocycles. The number of carboxylic acid groups (broad SMARTS) is 3. The summed E-state index contributed by atoms with van der Waals surface area (Å²) < 4.78 is 0. The third-order valence-corrected chi connectivity index (χ3v) is 16.3. The Labute approximate surface area is 563 Å².